The maximum absolute atomic E-state index is 9.23. The van der Waals surface area contributed by atoms with Gasteiger partial charge in [-0.05, 0) is 92.6 Å². The number of nitrogens with zero attached hydrogens (tertiary/aromatic N) is 2. The Hall–Kier alpha value is -2.63. The van der Waals surface area contributed by atoms with Crippen LogP contribution in [-0.2, 0) is 0 Å². The van der Waals surface area contributed by atoms with E-state index in [0.29, 0.717) is 17.5 Å². The van der Waals surface area contributed by atoms with E-state index in [4.69, 9.17) is 5.73 Å². The maximum Gasteiger partial charge on any atom is 0.108 e. The minimum absolute atomic E-state index is 0.435. The van der Waals surface area contributed by atoms with Crippen molar-refractivity contribution in [2.24, 2.45) is 11.7 Å². The third-order valence-corrected chi connectivity index (χ3v) is 6.28. The molecule has 2 N–H and O–H groups in total. The number of hydrogen-bond acceptors (Lipinski definition) is 3. The van der Waals surface area contributed by atoms with Crippen molar-refractivity contribution in [3.63, 3.8) is 0 Å². The van der Waals surface area contributed by atoms with Crippen LogP contribution in [0.25, 0.3) is 11.1 Å². The minimum Gasteiger partial charge on any atom is -0.330 e. The monoisotopic (exact) mass is 399 g/mol. The predicted molar refractivity (Wildman–Crippen MR) is 127 cm³/mol. The average molecular weight is 400 g/mol. The molecule has 30 heavy (non-hydrogen) atoms. The summed E-state index contributed by atoms with van der Waals surface area (Å²) in [5, 5.41) is 9.23. The first kappa shape index (κ1) is 22.1. The first-order valence-corrected chi connectivity index (χ1v) is 11.0. The first-order chi connectivity index (χ1) is 14.5. The third-order valence-electron chi connectivity index (χ3n) is 6.28. The molecule has 1 aliphatic carbocycles. The van der Waals surface area contributed by atoms with Crippen LogP contribution >= 0.6 is 0 Å². The third kappa shape index (κ3) is 5.29. The fraction of sp³-hybridized carbons (Fsp3) is 0.407. The van der Waals surface area contributed by atoms with Crippen molar-refractivity contribution >= 4 is 11.1 Å². The molecule has 1 aromatic carbocycles. The van der Waals surface area contributed by atoms with Crippen LogP contribution in [0, 0.1) is 24.2 Å². The molecule has 1 heterocycles. The molecule has 0 spiro atoms. The van der Waals surface area contributed by atoms with E-state index in [9.17, 15) is 5.26 Å². The van der Waals surface area contributed by atoms with E-state index in [1.807, 2.05) is 18.2 Å². The van der Waals surface area contributed by atoms with Gasteiger partial charge >= 0.3 is 0 Å². The fourth-order valence-corrected chi connectivity index (χ4v) is 4.52. The molecule has 1 aromatic rings. The summed E-state index contributed by atoms with van der Waals surface area (Å²) < 4.78 is 0. The fourth-order valence-electron chi connectivity index (χ4n) is 4.52. The van der Waals surface area contributed by atoms with Gasteiger partial charge in [-0.25, -0.2) is 0 Å². The molecule has 1 saturated heterocycles. The molecule has 0 saturated carbocycles. The number of nitriles is 1. The molecule has 0 aromatic heterocycles. The summed E-state index contributed by atoms with van der Waals surface area (Å²) in [4.78, 5) is 2.62. The van der Waals surface area contributed by atoms with Gasteiger partial charge in [0.05, 0.1) is 5.57 Å². The largest absolute Gasteiger partial charge is 0.330 e. The number of allylic oxidation sites excluding steroid dienone is 6. The second-order valence-corrected chi connectivity index (χ2v) is 8.45. The topological polar surface area (TPSA) is 53.0 Å². The lowest BCUT2D eigenvalue weighted by Crippen LogP contribution is -2.32. The highest BCUT2D eigenvalue weighted by Gasteiger charge is 2.26. The van der Waals surface area contributed by atoms with E-state index in [1.54, 1.807) is 6.08 Å². The van der Waals surface area contributed by atoms with Gasteiger partial charge in [0.15, 0.2) is 0 Å². The van der Waals surface area contributed by atoms with Crippen LogP contribution in [0.4, 0.5) is 0 Å². The molecule has 3 heteroatoms. The molecular formula is C27H33N3. The zero-order valence-electron chi connectivity index (χ0n) is 18.3. The summed E-state index contributed by atoms with van der Waals surface area (Å²) in [6.45, 7) is 12.0. The van der Waals surface area contributed by atoms with Gasteiger partial charge in [0.2, 0.25) is 0 Å². The van der Waals surface area contributed by atoms with Crippen LogP contribution in [-0.4, -0.2) is 30.6 Å². The van der Waals surface area contributed by atoms with Crippen molar-refractivity contribution in [3.8, 4) is 6.07 Å². The van der Waals surface area contributed by atoms with Gasteiger partial charge in [0, 0.05) is 11.6 Å². The number of aryl methyl sites for hydroxylation is 1. The normalized spacial score (nSPS) is 19.7. The lowest BCUT2D eigenvalue weighted by atomic mass is 9.86. The van der Waals surface area contributed by atoms with Crippen molar-refractivity contribution in [1.29, 1.82) is 5.26 Å². The Morgan fingerprint density at radius 1 is 1.37 bits per heavy atom. The predicted octanol–water partition coefficient (Wildman–Crippen LogP) is 5.41. The van der Waals surface area contributed by atoms with Gasteiger partial charge in [-0.2, -0.15) is 5.26 Å². The molecule has 2 atom stereocenters. The highest BCUT2D eigenvalue weighted by atomic mass is 15.2. The Morgan fingerprint density at radius 2 is 2.17 bits per heavy atom. The van der Waals surface area contributed by atoms with Gasteiger partial charge in [-0.3, -0.25) is 0 Å². The van der Waals surface area contributed by atoms with Crippen LogP contribution in [0.3, 0.4) is 0 Å². The van der Waals surface area contributed by atoms with Crippen molar-refractivity contribution in [2.75, 3.05) is 19.6 Å². The second kappa shape index (κ2) is 10.4. The lowest BCUT2D eigenvalue weighted by molar-refractivity contribution is 0.231. The molecule has 1 fully saturated rings. The molecule has 1 aliphatic heterocycles. The summed E-state index contributed by atoms with van der Waals surface area (Å²) in [5.41, 5.74) is 15.1. The summed E-state index contributed by atoms with van der Waals surface area (Å²) in [5.74, 6) is 0.435. The SMILES string of the molecule is C=C(c1ccc(C2=C=C(C#N)C=CC=C2)cc1C)C(C)CC1CCCN1CCCN. The van der Waals surface area contributed by atoms with E-state index in [1.165, 1.54) is 36.1 Å². The Labute approximate surface area is 181 Å². The number of benzene rings is 1. The maximum atomic E-state index is 9.23. The van der Waals surface area contributed by atoms with Crippen molar-refractivity contribution < 1.29 is 0 Å². The molecule has 0 radical (unpaired) electrons. The smallest absolute Gasteiger partial charge is 0.108 e. The zero-order valence-corrected chi connectivity index (χ0v) is 18.3. The van der Waals surface area contributed by atoms with Gasteiger partial charge in [0.25, 0.3) is 0 Å². The van der Waals surface area contributed by atoms with E-state index in [-0.39, 0.29) is 0 Å². The van der Waals surface area contributed by atoms with E-state index >= 15 is 0 Å². The minimum atomic E-state index is 0.435. The average Bonchev–Trinajstić information content (AvgIpc) is 3.04. The Balaban J connectivity index is 1.74. The van der Waals surface area contributed by atoms with Crippen LogP contribution in [0.5, 0.6) is 0 Å². The van der Waals surface area contributed by atoms with Gasteiger partial charge in [0.1, 0.15) is 6.07 Å². The summed E-state index contributed by atoms with van der Waals surface area (Å²) in [7, 11) is 0. The van der Waals surface area contributed by atoms with E-state index < -0.39 is 0 Å². The quantitative estimate of drug-likeness (QED) is 0.595. The molecule has 0 bridgehead atoms. The molecule has 2 aliphatic rings. The van der Waals surface area contributed by atoms with Crippen molar-refractivity contribution in [2.45, 2.75) is 45.6 Å². The summed E-state index contributed by atoms with van der Waals surface area (Å²) >= 11 is 0. The number of likely N-dealkylation sites (tertiary alicyclic amines) is 1. The van der Waals surface area contributed by atoms with E-state index in [0.717, 1.165) is 37.1 Å². The molecular weight excluding hydrogens is 366 g/mol. The highest BCUT2D eigenvalue weighted by Crippen LogP contribution is 2.33. The van der Waals surface area contributed by atoms with Gasteiger partial charge in [-0.1, -0.05) is 49.6 Å². The van der Waals surface area contributed by atoms with Crippen molar-refractivity contribution in [3.05, 3.63) is 77.1 Å². The summed E-state index contributed by atoms with van der Waals surface area (Å²) in [6, 6.07) is 9.31. The highest BCUT2D eigenvalue weighted by molar-refractivity contribution is 5.78. The number of rotatable bonds is 8. The zero-order chi connectivity index (χ0) is 21.5. The van der Waals surface area contributed by atoms with Crippen molar-refractivity contribution in [1.82, 2.24) is 4.90 Å². The molecule has 0 amide bonds. The molecule has 156 valence electrons. The van der Waals surface area contributed by atoms with Gasteiger partial charge in [-0.15, -0.1) is 0 Å². The van der Waals surface area contributed by atoms with E-state index in [2.05, 4.69) is 55.3 Å². The van der Waals surface area contributed by atoms with Crippen LogP contribution in [0.1, 0.15) is 49.3 Å². The second-order valence-electron chi connectivity index (χ2n) is 8.45. The molecule has 2 unspecified atom stereocenters. The summed E-state index contributed by atoms with van der Waals surface area (Å²) in [6.07, 6.45) is 12.4. The lowest BCUT2D eigenvalue weighted by Gasteiger charge is -2.28. The molecule has 3 rings (SSSR count). The molecule has 3 nitrogen and oxygen atoms in total. The van der Waals surface area contributed by atoms with Crippen LogP contribution in [0.2, 0.25) is 0 Å². The van der Waals surface area contributed by atoms with Crippen LogP contribution in [0.15, 0.2) is 60.4 Å². The Kier molecular flexibility index (Phi) is 7.66. The Morgan fingerprint density at radius 3 is 2.90 bits per heavy atom. The van der Waals surface area contributed by atoms with Gasteiger partial charge < -0.3 is 10.6 Å². The standard InChI is InChI=1S/C27H33N3/c1-20(17-26-10-6-14-30(26)15-7-13-28)22(3)27-12-11-25(16-21(27)2)24-9-5-4-8-23(18-24)19-29/h4-5,8-9,11-12,16,20,26H,3,6-7,10,13-15,17,28H2,1-2H3. The number of hydrogen-bond donors (Lipinski definition) is 1. The first-order valence-electron chi connectivity index (χ1n) is 11.0. The number of nitrogens with two attached hydrogens (primary N) is 1. The van der Waals surface area contributed by atoms with Crippen LogP contribution < -0.4 is 5.73 Å². The Bertz CT molecular complexity index is 951.